The smallest absolute Gasteiger partial charge is 0.317 e. The van der Waals surface area contributed by atoms with Crippen molar-refractivity contribution < 1.29 is 14.3 Å². The quantitative estimate of drug-likeness (QED) is 0.869. The van der Waals surface area contributed by atoms with E-state index in [1.54, 1.807) is 14.2 Å². The summed E-state index contributed by atoms with van der Waals surface area (Å²) in [7, 11) is 3.25. The molecular weight excluding hydrogens is 292 g/mol. The van der Waals surface area contributed by atoms with E-state index < -0.39 is 0 Å². The van der Waals surface area contributed by atoms with Gasteiger partial charge in [-0.25, -0.2) is 4.79 Å². The lowest BCUT2D eigenvalue weighted by Gasteiger charge is -2.18. The molecule has 0 bridgehead atoms. The highest BCUT2D eigenvalue weighted by atomic mass is 16.5. The molecule has 1 aromatic carbocycles. The Morgan fingerprint density at radius 1 is 1.17 bits per heavy atom. The van der Waals surface area contributed by atoms with Crippen LogP contribution in [0.3, 0.4) is 0 Å². The first-order valence-corrected chi connectivity index (χ1v) is 8.10. The molecule has 1 aliphatic carbocycles. The van der Waals surface area contributed by atoms with E-state index in [1.165, 1.54) is 0 Å². The van der Waals surface area contributed by atoms with Crippen molar-refractivity contribution in [3.8, 4) is 11.5 Å². The average Bonchev–Trinajstić information content (AvgIpc) is 3.03. The summed E-state index contributed by atoms with van der Waals surface area (Å²) in [5.41, 5.74) is 0.944. The number of carbonyl (C=O) groups is 1. The van der Waals surface area contributed by atoms with Crippen molar-refractivity contribution in [1.29, 1.82) is 0 Å². The summed E-state index contributed by atoms with van der Waals surface area (Å²) in [6.45, 7) is 2.18. The summed E-state index contributed by atoms with van der Waals surface area (Å²) >= 11 is 0. The van der Waals surface area contributed by atoms with Gasteiger partial charge in [-0.1, -0.05) is 12.2 Å². The number of benzene rings is 1. The third kappa shape index (κ3) is 3.44. The first-order valence-electron chi connectivity index (χ1n) is 8.10. The van der Waals surface area contributed by atoms with Crippen LogP contribution in [0.1, 0.15) is 18.4 Å². The summed E-state index contributed by atoms with van der Waals surface area (Å²) in [6.07, 6.45) is 6.68. The van der Waals surface area contributed by atoms with Gasteiger partial charge in [-0.05, 0) is 36.8 Å². The molecule has 3 rings (SSSR count). The maximum absolute atomic E-state index is 12.4. The molecule has 2 aliphatic rings. The minimum atomic E-state index is 0.0114. The van der Waals surface area contributed by atoms with E-state index in [0.717, 1.165) is 43.0 Å². The SMILES string of the molecule is COc1ccc(CNC(=O)N2C[C@H]3CC=CC[C@H]3C2)c(OC)c1. The zero-order chi connectivity index (χ0) is 16.2. The van der Waals surface area contributed by atoms with Crippen molar-refractivity contribution in [2.75, 3.05) is 27.3 Å². The summed E-state index contributed by atoms with van der Waals surface area (Å²) in [4.78, 5) is 14.4. The number of hydrogen-bond donors (Lipinski definition) is 1. The fourth-order valence-electron chi connectivity index (χ4n) is 3.46. The van der Waals surface area contributed by atoms with Crippen molar-refractivity contribution in [2.24, 2.45) is 11.8 Å². The van der Waals surface area contributed by atoms with Crippen molar-refractivity contribution >= 4 is 6.03 Å². The highest BCUT2D eigenvalue weighted by Crippen LogP contribution is 2.32. The lowest BCUT2D eigenvalue weighted by atomic mass is 9.86. The van der Waals surface area contributed by atoms with Crippen LogP contribution >= 0.6 is 0 Å². The monoisotopic (exact) mass is 316 g/mol. The van der Waals surface area contributed by atoms with Gasteiger partial charge in [0.25, 0.3) is 0 Å². The highest BCUT2D eigenvalue weighted by molar-refractivity contribution is 5.74. The number of ether oxygens (including phenoxy) is 2. The number of rotatable bonds is 4. The zero-order valence-corrected chi connectivity index (χ0v) is 13.7. The van der Waals surface area contributed by atoms with Crippen LogP contribution < -0.4 is 14.8 Å². The second-order valence-corrected chi connectivity index (χ2v) is 6.20. The van der Waals surface area contributed by atoms with E-state index in [4.69, 9.17) is 9.47 Å². The summed E-state index contributed by atoms with van der Waals surface area (Å²) < 4.78 is 10.6. The molecule has 1 heterocycles. The molecule has 0 unspecified atom stereocenters. The van der Waals surface area contributed by atoms with Gasteiger partial charge >= 0.3 is 6.03 Å². The van der Waals surface area contributed by atoms with Crippen molar-refractivity contribution in [3.05, 3.63) is 35.9 Å². The molecule has 0 radical (unpaired) electrons. The lowest BCUT2D eigenvalue weighted by Crippen LogP contribution is -2.38. The van der Waals surface area contributed by atoms with Crippen LogP contribution in [-0.4, -0.2) is 38.2 Å². The Labute approximate surface area is 137 Å². The van der Waals surface area contributed by atoms with E-state index in [-0.39, 0.29) is 6.03 Å². The number of amides is 2. The van der Waals surface area contributed by atoms with Gasteiger partial charge in [0.2, 0.25) is 0 Å². The summed E-state index contributed by atoms with van der Waals surface area (Å²) in [5, 5.41) is 3.01. The Morgan fingerprint density at radius 3 is 2.48 bits per heavy atom. The number of methoxy groups -OCH3 is 2. The van der Waals surface area contributed by atoms with E-state index in [2.05, 4.69) is 17.5 Å². The molecule has 1 fully saturated rings. The number of fused-ring (bicyclic) bond motifs is 1. The number of nitrogens with one attached hydrogen (secondary N) is 1. The molecule has 1 aliphatic heterocycles. The predicted molar refractivity (Wildman–Crippen MR) is 88.7 cm³/mol. The van der Waals surface area contributed by atoms with Gasteiger partial charge in [0.15, 0.2) is 0 Å². The molecule has 5 heteroatoms. The van der Waals surface area contributed by atoms with Gasteiger partial charge in [0.1, 0.15) is 11.5 Å². The van der Waals surface area contributed by atoms with Crippen LogP contribution in [0.2, 0.25) is 0 Å². The van der Waals surface area contributed by atoms with Crippen molar-refractivity contribution in [3.63, 3.8) is 0 Å². The standard InChI is InChI=1S/C18H24N2O3/c1-22-16-8-7-13(17(9-16)23-2)10-19-18(21)20-11-14-5-3-4-6-15(14)12-20/h3-4,7-9,14-15H,5-6,10-12H2,1-2H3,(H,19,21)/t14-,15+. The van der Waals surface area contributed by atoms with E-state index in [1.807, 2.05) is 23.1 Å². The van der Waals surface area contributed by atoms with E-state index >= 15 is 0 Å². The van der Waals surface area contributed by atoms with Crippen LogP contribution in [0.25, 0.3) is 0 Å². The van der Waals surface area contributed by atoms with Gasteiger partial charge in [0.05, 0.1) is 14.2 Å². The second kappa shape index (κ2) is 6.94. The third-order valence-corrected chi connectivity index (χ3v) is 4.83. The molecule has 23 heavy (non-hydrogen) atoms. The number of urea groups is 1. The number of likely N-dealkylation sites (tertiary alicyclic amines) is 1. The fraction of sp³-hybridized carbons (Fsp3) is 0.500. The van der Waals surface area contributed by atoms with Crippen LogP contribution in [0.5, 0.6) is 11.5 Å². The van der Waals surface area contributed by atoms with Crippen LogP contribution in [0.4, 0.5) is 4.79 Å². The molecule has 2 amide bonds. The molecule has 0 saturated carbocycles. The Balaban J connectivity index is 1.57. The fourth-order valence-corrected chi connectivity index (χ4v) is 3.46. The first kappa shape index (κ1) is 15.7. The zero-order valence-electron chi connectivity index (χ0n) is 13.7. The summed E-state index contributed by atoms with van der Waals surface area (Å²) in [5.74, 6) is 2.72. The van der Waals surface area contributed by atoms with E-state index in [0.29, 0.717) is 18.4 Å². The molecule has 5 nitrogen and oxygen atoms in total. The molecule has 1 N–H and O–H groups in total. The lowest BCUT2D eigenvalue weighted by molar-refractivity contribution is 0.206. The average molecular weight is 316 g/mol. The molecular formula is C18H24N2O3. The Morgan fingerprint density at radius 2 is 1.87 bits per heavy atom. The Kier molecular flexibility index (Phi) is 4.74. The molecule has 1 aromatic rings. The number of hydrogen-bond acceptors (Lipinski definition) is 3. The number of nitrogens with zero attached hydrogens (tertiary/aromatic N) is 1. The molecule has 2 atom stereocenters. The summed E-state index contributed by atoms with van der Waals surface area (Å²) in [6, 6.07) is 5.64. The highest BCUT2D eigenvalue weighted by Gasteiger charge is 2.34. The first-order chi connectivity index (χ1) is 11.2. The third-order valence-electron chi connectivity index (χ3n) is 4.83. The Hall–Kier alpha value is -2.17. The van der Waals surface area contributed by atoms with Crippen LogP contribution in [0.15, 0.2) is 30.4 Å². The maximum Gasteiger partial charge on any atom is 0.317 e. The normalized spacial score (nSPS) is 22.6. The molecule has 0 spiro atoms. The van der Waals surface area contributed by atoms with Gasteiger partial charge < -0.3 is 19.7 Å². The largest absolute Gasteiger partial charge is 0.497 e. The van der Waals surface area contributed by atoms with Crippen LogP contribution in [0, 0.1) is 11.8 Å². The van der Waals surface area contributed by atoms with Gasteiger partial charge in [-0.15, -0.1) is 0 Å². The minimum absolute atomic E-state index is 0.0114. The van der Waals surface area contributed by atoms with Gasteiger partial charge in [-0.2, -0.15) is 0 Å². The molecule has 1 saturated heterocycles. The number of allylic oxidation sites excluding steroid dienone is 2. The van der Waals surface area contributed by atoms with Gasteiger partial charge in [0, 0.05) is 31.3 Å². The van der Waals surface area contributed by atoms with Crippen molar-refractivity contribution in [2.45, 2.75) is 19.4 Å². The molecule has 124 valence electrons. The minimum Gasteiger partial charge on any atom is -0.497 e. The predicted octanol–water partition coefficient (Wildman–Crippen LogP) is 2.81. The van der Waals surface area contributed by atoms with Gasteiger partial charge in [-0.3, -0.25) is 0 Å². The van der Waals surface area contributed by atoms with Crippen LogP contribution in [-0.2, 0) is 6.54 Å². The second-order valence-electron chi connectivity index (χ2n) is 6.20. The maximum atomic E-state index is 12.4. The topological polar surface area (TPSA) is 50.8 Å². The Bertz CT molecular complexity index is 584. The number of carbonyl (C=O) groups excluding carboxylic acids is 1. The van der Waals surface area contributed by atoms with E-state index in [9.17, 15) is 4.79 Å². The van der Waals surface area contributed by atoms with Crippen molar-refractivity contribution in [1.82, 2.24) is 10.2 Å². The molecule has 0 aromatic heterocycles.